The lowest BCUT2D eigenvalue weighted by atomic mass is 10.2. The van der Waals surface area contributed by atoms with Gasteiger partial charge in [0.05, 0.1) is 41.7 Å². The molecule has 118 valence electrons. The Morgan fingerprint density at radius 1 is 1.30 bits per heavy atom. The van der Waals surface area contributed by atoms with Gasteiger partial charge < -0.3 is 4.90 Å². The van der Waals surface area contributed by atoms with Crippen molar-refractivity contribution < 1.29 is 8.42 Å². The minimum absolute atomic E-state index is 0.0826. The lowest BCUT2D eigenvalue weighted by Gasteiger charge is -2.10. The lowest BCUT2D eigenvalue weighted by molar-refractivity contribution is 0.408. The van der Waals surface area contributed by atoms with Crippen molar-refractivity contribution in [3.63, 3.8) is 0 Å². The summed E-state index contributed by atoms with van der Waals surface area (Å²) in [5.41, 5.74) is 3.67. The summed E-state index contributed by atoms with van der Waals surface area (Å²) < 4.78 is 26.1. The molecule has 1 aliphatic carbocycles. The molecular formula is C16H16N4O2S. The van der Waals surface area contributed by atoms with Gasteiger partial charge in [-0.2, -0.15) is 10.4 Å². The fourth-order valence-corrected chi connectivity index (χ4v) is 4.73. The summed E-state index contributed by atoms with van der Waals surface area (Å²) in [4.78, 5) is 1.67. The van der Waals surface area contributed by atoms with Gasteiger partial charge in [-0.1, -0.05) is 12.1 Å². The third-order valence-electron chi connectivity index (χ3n) is 4.35. The quantitative estimate of drug-likeness (QED) is 0.799. The normalized spacial score (nSPS) is 17.1. The number of hydrogen-bond donors (Lipinski definition) is 0. The molecule has 0 amide bonds. The molecule has 0 N–H and O–H groups in total. The van der Waals surface area contributed by atoms with E-state index < -0.39 is 9.84 Å². The minimum atomic E-state index is -3.03. The third-order valence-corrected chi connectivity index (χ3v) is 6.58. The van der Waals surface area contributed by atoms with Crippen LogP contribution in [0.15, 0.2) is 30.5 Å². The molecule has 1 aliphatic heterocycles. The van der Waals surface area contributed by atoms with Gasteiger partial charge in [0, 0.05) is 5.56 Å². The molecule has 2 aromatic rings. The zero-order valence-corrected chi connectivity index (χ0v) is 13.3. The summed E-state index contributed by atoms with van der Waals surface area (Å²) in [6.45, 7) is 1.12. The highest BCUT2D eigenvalue weighted by Gasteiger charge is 2.35. The molecule has 0 spiro atoms. The molecule has 1 fully saturated rings. The van der Waals surface area contributed by atoms with Gasteiger partial charge in [0.25, 0.3) is 0 Å². The van der Waals surface area contributed by atoms with Crippen LogP contribution in [0.25, 0.3) is 5.69 Å². The molecule has 1 saturated carbocycles. The van der Waals surface area contributed by atoms with Crippen molar-refractivity contribution in [2.45, 2.75) is 36.9 Å². The van der Waals surface area contributed by atoms with E-state index in [1.807, 2.05) is 24.3 Å². The van der Waals surface area contributed by atoms with E-state index in [-0.39, 0.29) is 11.0 Å². The topological polar surface area (TPSA) is 79.0 Å². The standard InChI is InChI=1S/C16H16N4O2S/c17-11-19-8-13-7-18-20(16(13)9-19)14-3-1-2-12(6-14)10-23(21,22)15-4-5-15/h1-3,6-7,15H,4-5,8-10H2. The summed E-state index contributed by atoms with van der Waals surface area (Å²) in [5, 5.41) is 13.3. The fraction of sp³-hybridized carbons (Fsp3) is 0.375. The van der Waals surface area contributed by atoms with Crippen LogP contribution in [-0.2, 0) is 28.7 Å². The van der Waals surface area contributed by atoms with Crippen LogP contribution in [0.1, 0.15) is 29.7 Å². The van der Waals surface area contributed by atoms with Crippen LogP contribution in [0.5, 0.6) is 0 Å². The Morgan fingerprint density at radius 3 is 2.87 bits per heavy atom. The number of fused-ring (bicyclic) bond motifs is 1. The van der Waals surface area contributed by atoms with E-state index in [4.69, 9.17) is 5.26 Å². The molecule has 0 radical (unpaired) electrons. The van der Waals surface area contributed by atoms with Crippen LogP contribution < -0.4 is 0 Å². The molecule has 7 heteroatoms. The number of hydrogen-bond acceptors (Lipinski definition) is 5. The summed E-state index contributed by atoms with van der Waals surface area (Å²) in [5.74, 6) is 0.0826. The molecule has 6 nitrogen and oxygen atoms in total. The smallest absolute Gasteiger partial charge is 0.180 e. The second kappa shape index (κ2) is 5.10. The third kappa shape index (κ3) is 2.59. The van der Waals surface area contributed by atoms with Crippen LogP contribution in [0.4, 0.5) is 0 Å². The zero-order chi connectivity index (χ0) is 16.0. The Labute approximate surface area is 134 Å². The van der Waals surface area contributed by atoms with Crippen molar-refractivity contribution in [1.82, 2.24) is 14.7 Å². The number of benzene rings is 1. The van der Waals surface area contributed by atoms with E-state index in [0.717, 1.165) is 35.3 Å². The minimum Gasteiger partial charge on any atom is -0.300 e. The maximum absolute atomic E-state index is 12.2. The van der Waals surface area contributed by atoms with Gasteiger partial charge in [-0.3, -0.25) is 0 Å². The summed E-state index contributed by atoms with van der Waals surface area (Å²) in [7, 11) is -3.03. The second-order valence-corrected chi connectivity index (χ2v) is 8.44. The van der Waals surface area contributed by atoms with E-state index in [2.05, 4.69) is 11.3 Å². The molecule has 2 aliphatic rings. The first-order valence-electron chi connectivity index (χ1n) is 7.58. The molecule has 4 rings (SSSR count). The first kappa shape index (κ1) is 14.3. The van der Waals surface area contributed by atoms with Gasteiger partial charge in [-0.05, 0) is 30.5 Å². The molecule has 0 atom stereocenters. The largest absolute Gasteiger partial charge is 0.300 e. The molecule has 2 heterocycles. The van der Waals surface area contributed by atoms with Crippen LogP contribution in [0, 0.1) is 11.5 Å². The maximum Gasteiger partial charge on any atom is 0.180 e. The van der Waals surface area contributed by atoms with E-state index in [0.29, 0.717) is 13.1 Å². The van der Waals surface area contributed by atoms with Gasteiger partial charge in [-0.15, -0.1) is 0 Å². The van der Waals surface area contributed by atoms with Crippen LogP contribution >= 0.6 is 0 Å². The van der Waals surface area contributed by atoms with Gasteiger partial charge in [0.15, 0.2) is 16.0 Å². The average Bonchev–Trinajstić information content (AvgIpc) is 3.20. The maximum atomic E-state index is 12.2. The Bertz CT molecular complexity index is 906. The Balaban J connectivity index is 1.64. The van der Waals surface area contributed by atoms with Crippen molar-refractivity contribution in [3.8, 4) is 11.9 Å². The first-order chi connectivity index (χ1) is 11.1. The van der Waals surface area contributed by atoms with Gasteiger partial charge >= 0.3 is 0 Å². The van der Waals surface area contributed by atoms with Crippen LogP contribution in [-0.4, -0.2) is 28.3 Å². The summed E-state index contributed by atoms with van der Waals surface area (Å²) in [6.07, 6.45) is 5.51. The Hall–Kier alpha value is -2.33. The van der Waals surface area contributed by atoms with E-state index in [1.165, 1.54) is 0 Å². The fourth-order valence-electron chi connectivity index (χ4n) is 3.00. The highest BCUT2D eigenvalue weighted by atomic mass is 32.2. The first-order valence-corrected chi connectivity index (χ1v) is 9.30. The second-order valence-electron chi connectivity index (χ2n) is 6.16. The molecule has 0 bridgehead atoms. The molecule has 1 aromatic carbocycles. The highest BCUT2D eigenvalue weighted by molar-refractivity contribution is 7.91. The molecule has 23 heavy (non-hydrogen) atoms. The van der Waals surface area contributed by atoms with E-state index in [9.17, 15) is 8.42 Å². The highest BCUT2D eigenvalue weighted by Crippen LogP contribution is 2.31. The van der Waals surface area contributed by atoms with Gasteiger partial charge in [0.2, 0.25) is 0 Å². The van der Waals surface area contributed by atoms with Crippen LogP contribution in [0.2, 0.25) is 0 Å². The SMILES string of the molecule is N#CN1Cc2cnn(-c3cccc(CS(=O)(=O)C4CC4)c3)c2C1. The van der Waals surface area contributed by atoms with Crippen molar-refractivity contribution in [2.75, 3.05) is 0 Å². The number of rotatable bonds is 4. The molecular weight excluding hydrogens is 312 g/mol. The van der Waals surface area contributed by atoms with E-state index >= 15 is 0 Å². The molecule has 0 unspecified atom stereocenters. The van der Waals surface area contributed by atoms with Crippen LogP contribution in [0.3, 0.4) is 0 Å². The Kier molecular flexibility index (Phi) is 3.16. The van der Waals surface area contributed by atoms with Crippen molar-refractivity contribution in [2.24, 2.45) is 0 Å². The van der Waals surface area contributed by atoms with Gasteiger partial charge in [-0.25, -0.2) is 13.1 Å². The van der Waals surface area contributed by atoms with Crippen molar-refractivity contribution in [1.29, 1.82) is 5.26 Å². The lowest BCUT2D eigenvalue weighted by Crippen LogP contribution is -2.12. The summed E-state index contributed by atoms with van der Waals surface area (Å²) >= 11 is 0. The predicted octanol–water partition coefficient (Wildman–Crippen LogP) is 1.75. The number of nitriles is 1. The van der Waals surface area contributed by atoms with E-state index in [1.54, 1.807) is 15.8 Å². The van der Waals surface area contributed by atoms with Crippen molar-refractivity contribution >= 4 is 9.84 Å². The predicted molar refractivity (Wildman–Crippen MR) is 84.1 cm³/mol. The number of sulfone groups is 1. The number of nitrogens with zero attached hydrogens (tertiary/aromatic N) is 4. The summed E-state index contributed by atoms with van der Waals surface area (Å²) in [6, 6.07) is 7.49. The zero-order valence-electron chi connectivity index (χ0n) is 12.5. The molecule has 0 saturated heterocycles. The molecule has 1 aromatic heterocycles. The average molecular weight is 328 g/mol. The van der Waals surface area contributed by atoms with Gasteiger partial charge in [0.1, 0.15) is 0 Å². The number of aromatic nitrogens is 2. The van der Waals surface area contributed by atoms with Crippen molar-refractivity contribution in [3.05, 3.63) is 47.3 Å². The Morgan fingerprint density at radius 2 is 2.13 bits per heavy atom. The monoisotopic (exact) mass is 328 g/mol.